The molecule has 2 atom stereocenters. The summed E-state index contributed by atoms with van der Waals surface area (Å²) in [7, 11) is 0. The molecule has 0 aliphatic rings. The van der Waals surface area contributed by atoms with Gasteiger partial charge in [0.05, 0.1) is 10.9 Å². The van der Waals surface area contributed by atoms with Gasteiger partial charge in [0.25, 0.3) is 0 Å². The van der Waals surface area contributed by atoms with E-state index in [1.54, 1.807) is 0 Å². The Bertz CT molecular complexity index is 337. The molecule has 0 unspecified atom stereocenters. The molecule has 1 amide bonds. The summed E-state index contributed by atoms with van der Waals surface area (Å²) in [5, 5.41) is 2.99. The summed E-state index contributed by atoms with van der Waals surface area (Å²) in [6, 6.07) is 10.0. The van der Waals surface area contributed by atoms with Crippen LogP contribution in [0.25, 0.3) is 0 Å². The highest BCUT2D eigenvalue weighted by molar-refractivity contribution is 9.10. The van der Waals surface area contributed by atoms with Gasteiger partial charge < -0.3 is 5.32 Å². The minimum Gasteiger partial charge on any atom is -0.349 e. The Hall–Kier alpha value is -0.830. The van der Waals surface area contributed by atoms with Crippen molar-refractivity contribution < 1.29 is 4.79 Å². The smallest absolute Gasteiger partial charge is 0.234 e. The number of carbonyl (C=O) groups is 1. The van der Waals surface area contributed by atoms with Gasteiger partial charge in [-0.15, -0.1) is 0 Å². The van der Waals surface area contributed by atoms with Crippen LogP contribution in [-0.4, -0.2) is 10.7 Å². The van der Waals surface area contributed by atoms with Crippen LogP contribution in [0.1, 0.15) is 32.4 Å². The van der Waals surface area contributed by atoms with Gasteiger partial charge in [-0.3, -0.25) is 4.79 Å². The third-order valence-electron chi connectivity index (χ3n) is 2.49. The number of hydrogen-bond acceptors (Lipinski definition) is 1. The minimum absolute atomic E-state index is 0.0475. The van der Waals surface area contributed by atoms with Crippen molar-refractivity contribution in [3.05, 3.63) is 35.9 Å². The van der Waals surface area contributed by atoms with Gasteiger partial charge in [0, 0.05) is 0 Å². The van der Waals surface area contributed by atoms with Crippen LogP contribution in [0.2, 0.25) is 0 Å². The molecule has 0 aliphatic carbocycles. The summed E-state index contributed by atoms with van der Waals surface area (Å²) in [5.74, 6) is 0.342. The third kappa shape index (κ3) is 3.63. The topological polar surface area (TPSA) is 29.1 Å². The number of rotatable bonds is 4. The average Bonchev–Trinajstić information content (AvgIpc) is 2.28. The van der Waals surface area contributed by atoms with Gasteiger partial charge >= 0.3 is 0 Å². The second kappa shape index (κ2) is 6.04. The van der Waals surface area contributed by atoms with Crippen molar-refractivity contribution >= 4 is 21.8 Å². The second-order valence-electron chi connectivity index (χ2n) is 4.29. The van der Waals surface area contributed by atoms with E-state index >= 15 is 0 Å². The molecule has 0 saturated heterocycles. The number of alkyl halides is 1. The highest BCUT2D eigenvalue weighted by Gasteiger charge is 2.20. The predicted molar refractivity (Wildman–Crippen MR) is 70.6 cm³/mol. The van der Waals surface area contributed by atoms with Crippen molar-refractivity contribution in [3.8, 4) is 0 Å². The summed E-state index contributed by atoms with van der Waals surface area (Å²) in [6.07, 6.45) is 0. The van der Waals surface area contributed by atoms with Crippen molar-refractivity contribution in [1.82, 2.24) is 5.32 Å². The first kappa shape index (κ1) is 13.2. The average molecular weight is 284 g/mol. The molecular formula is C13H18BrNO. The Morgan fingerprint density at radius 3 is 2.25 bits per heavy atom. The molecule has 16 heavy (non-hydrogen) atoms. The summed E-state index contributed by atoms with van der Waals surface area (Å²) in [6.45, 7) is 6.03. The van der Waals surface area contributed by atoms with E-state index in [1.807, 2.05) is 51.1 Å². The molecule has 0 bridgehead atoms. The molecule has 0 fully saturated rings. The van der Waals surface area contributed by atoms with Crippen molar-refractivity contribution in [2.75, 3.05) is 0 Å². The fourth-order valence-corrected chi connectivity index (χ4v) is 1.55. The van der Waals surface area contributed by atoms with E-state index in [-0.39, 0.29) is 16.8 Å². The first-order chi connectivity index (χ1) is 7.52. The van der Waals surface area contributed by atoms with E-state index in [0.717, 1.165) is 5.56 Å². The fraction of sp³-hybridized carbons (Fsp3) is 0.462. The molecular weight excluding hydrogens is 266 g/mol. The number of hydrogen-bond donors (Lipinski definition) is 1. The van der Waals surface area contributed by atoms with Gasteiger partial charge in [-0.1, -0.05) is 60.1 Å². The van der Waals surface area contributed by atoms with Crippen LogP contribution in [0.3, 0.4) is 0 Å². The Morgan fingerprint density at radius 2 is 1.75 bits per heavy atom. The van der Waals surface area contributed by atoms with Gasteiger partial charge in [-0.25, -0.2) is 0 Å². The van der Waals surface area contributed by atoms with E-state index in [4.69, 9.17) is 0 Å². The number of carbonyl (C=O) groups excluding carboxylic acids is 1. The van der Waals surface area contributed by atoms with Gasteiger partial charge in [0.2, 0.25) is 5.91 Å². The first-order valence-corrected chi connectivity index (χ1v) is 6.43. The zero-order valence-electron chi connectivity index (χ0n) is 9.91. The Balaban J connectivity index is 2.58. The molecule has 1 N–H and O–H groups in total. The van der Waals surface area contributed by atoms with Gasteiger partial charge in [0.1, 0.15) is 0 Å². The lowest BCUT2D eigenvalue weighted by Crippen LogP contribution is -2.35. The molecule has 3 heteroatoms. The molecule has 0 saturated carbocycles. The lowest BCUT2D eigenvalue weighted by Gasteiger charge is -2.18. The lowest BCUT2D eigenvalue weighted by atomic mass is 10.1. The van der Waals surface area contributed by atoms with Crippen molar-refractivity contribution in [2.24, 2.45) is 5.92 Å². The van der Waals surface area contributed by atoms with E-state index in [0.29, 0.717) is 5.92 Å². The largest absolute Gasteiger partial charge is 0.349 e. The highest BCUT2D eigenvalue weighted by Crippen LogP contribution is 2.16. The van der Waals surface area contributed by atoms with E-state index in [9.17, 15) is 4.79 Å². The molecule has 0 radical (unpaired) electrons. The van der Waals surface area contributed by atoms with E-state index in [2.05, 4.69) is 21.2 Å². The monoisotopic (exact) mass is 283 g/mol. The summed E-state index contributed by atoms with van der Waals surface area (Å²) < 4.78 is 0. The maximum absolute atomic E-state index is 11.8. The summed E-state index contributed by atoms with van der Waals surface area (Å²) >= 11 is 3.40. The Labute approximate surface area is 106 Å². The molecule has 0 spiro atoms. The van der Waals surface area contributed by atoms with E-state index < -0.39 is 0 Å². The Kier molecular flexibility index (Phi) is 5.00. The van der Waals surface area contributed by atoms with Gasteiger partial charge in [0.15, 0.2) is 0 Å². The second-order valence-corrected chi connectivity index (χ2v) is 5.27. The van der Waals surface area contributed by atoms with Gasteiger partial charge in [-0.2, -0.15) is 0 Å². The van der Waals surface area contributed by atoms with Gasteiger partial charge in [-0.05, 0) is 18.4 Å². The standard InChI is InChI=1S/C13H18BrNO/c1-9(2)12(14)13(16)15-10(3)11-7-5-4-6-8-11/h4-10,12H,1-3H3,(H,15,16)/t10-,12-/m1/s1. The molecule has 0 heterocycles. The highest BCUT2D eigenvalue weighted by atomic mass is 79.9. The number of amides is 1. The predicted octanol–water partition coefficient (Wildman–Crippen LogP) is 3.28. The molecule has 88 valence electrons. The van der Waals surface area contributed by atoms with Crippen LogP contribution < -0.4 is 5.32 Å². The normalized spacial score (nSPS) is 14.6. The van der Waals surface area contributed by atoms with Crippen LogP contribution in [-0.2, 0) is 4.79 Å². The van der Waals surface area contributed by atoms with Crippen molar-refractivity contribution in [1.29, 1.82) is 0 Å². The van der Waals surface area contributed by atoms with Crippen LogP contribution >= 0.6 is 15.9 Å². The van der Waals surface area contributed by atoms with Crippen molar-refractivity contribution in [2.45, 2.75) is 31.6 Å². The first-order valence-electron chi connectivity index (χ1n) is 5.51. The van der Waals surface area contributed by atoms with Crippen LogP contribution in [0.15, 0.2) is 30.3 Å². The molecule has 0 aromatic heterocycles. The maximum Gasteiger partial charge on any atom is 0.234 e. The zero-order valence-corrected chi connectivity index (χ0v) is 11.5. The van der Waals surface area contributed by atoms with Crippen LogP contribution in [0, 0.1) is 5.92 Å². The third-order valence-corrected chi connectivity index (χ3v) is 3.97. The lowest BCUT2D eigenvalue weighted by molar-refractivity contribution is -0.121. The maximum atomic E-state index is 11.8. The number of benzene rings is 1. The van der Waals surface area contributed by atoms with Crippen molar-refractivity contribution in [3.63, 3.8) is 0 Å². The summed E-state index contributed by atoms with van der Waals surface area (Å²) in [4.78, 5) is 11.7. The zero-order chi connectivity index (χ0) is 12.1. The van der Waals surface area contributed by atoms with E-state index in [1.165, 1.54) is 0 Å². The van der Waals surface area contributed by atoms with Crippen LogP contribution in [0.5, 0.6) is 0 Å². The quantitative estimate of drug-likeness (QED) is 0.845. The fourth-order valence-electron chi connectivity index (χ4n) is 1.42. The van der Waals surface area contributed by atoms with Crippen LogP contribution in [0.4, 0.5) is 0 Å². The molecule has 1 aromatic rings. The molecule has 1 aromatic carbocycles. The Morgan fingerprint density at radius 1 is 1.19 bits per heavy atom. The SMILES string of the molecule is CC(C)[C@@H](Br)C(=O)N[C@H](C)c1ccccc1. The molecule has 2 nitrogen and oxygen atoms in total. The molecule has 0 aliphatic heterocycles. The minimum atomic E-state index is -0.126. The summed E-state index contributed by atoms with van der Waals surface area (Å²) in [5.41, 5.74) is 1.12. The molecule has 1 rings (SSSR count). The number of nitrogens with one attached hydrogen (secondary N) is 1. The number of halogens is 1.